The second kappa shape index (κ2) is 7.03. The molecule has 0 saturated heterocycles. The van der Waals surface area contributed by atoms with Gasteiger partial charge >= 0.3 is 0 Å². The smallest absolute Gasteiger partial charge is 0.251 e. The number of aryl methyl sites for hydroxylation is 1. The van der Waals surface area contributed by atoms with Crippen LogP contribution < -0.4 is 10.1 Å². The lowest BCUT2D eigenvalue weighted by molar-refractivity contribution is 0.0943. The third-order valence-corrected chi connectivity index (χ3v) is 4.40. The molecule has 2 aromatic rings. The molecule has 1 aromatic carbocycles. The fraction of sp³-hybridized carbons (Fsp3) is 0.500. The lowest BCUT2D eigenvalue weighted by Gasteiger charge is -2.15. The molecule has 0 spiro atoms. The minimum absolute atomic E-state index is 0.0572. The van der Waals surface area contributed by atoms with Gasteiger partial charge in [0.25, 0.3) is 5.91 Å². The van der Waals surface area contributed by atoms with Crippen LogP contribution in [0.1, 0.15) is 54.7 Å². The second-order valence-corrected chi connectivity index (χ2v) is 6.48. The van der Waals surface area contributed by atoms with Crippen LogP contribution in [0.15, 0.2) is 28.8 Å². The molecule has 0 aliphatic heterocycles. The van der Waals surface area contributed by atoms with Crippen LogP contribution in [0.3, 0.4) is 0 Å². The third-order valence-electron chi connectivity index (χ3n) is 4.40. The normalized spacial score (nSPS) is 15.1. The van der Waals surface area contributed by atoms with E-state index in [1.165, 1.54) is 19.3 Å². The number of ether oxygens (including phenoxy) is 1. The highest BCUT2D eigenvalue weighted by atomic mass is 16.5. The lowest BCUT2D eigenvalue weighted by Crippen LogP contribution is -2.30. The van der Waals surface area contributed by atoms with E-state index in [0.717, 1.165) is 13.0 Å². The highest BCUT2D eigenvalue weighted by Crippen LogP contribution is 2.48. The minimum atomic E-state index is -0.0572. The Morgan fingerprint density at radius 1 is 1.42 bits per heavy atom. The molecule has 6 heteroatoms. The number of hydrogen-bond donors (Lipinski definition) is 1. The number of carbonyl (C=O) groups excluding carboxylic acids is 1. The number of carbonyl (C=O) groups is 1. The molecule has 1 amide bonds. The third kappa shape index (κ3) is 4.13. The summed E-state index contributed by atoms with van der Waals surface area (Å²) in [4.78, 5) is 16.4. The van der Waals surface area contributed by atoms with E-state index in [4.69, 9.17) is 9.26 Å². The number of nitrogens with one attached hydrogen (secondary N) is 1. The molecule has 3 rings (SSSR count). The van der Waals surface area contributed by atoms with E-state index in [1.54, 1.807) is 19.1 Å². The SMILES string of the molecule is CCCC1(CNC(=O)c2cccc(OCc3noc(C)n3)c2)CC1. The molecular weight excluding hydrogens is 306 g/mol. The quantitative estimate of drug-likeness (QED) is 0.804. The average Bonchev–Trinajstić information content (AvgIpc) is 3.23. The summed E-state index contributed by atoms with van der Waals surface area (Å²) in [5, 5.41) is 6.84. The van der Waals surface area contributed by atoms with Crippen LogP contribution in [-0.4, -0.2) is 22.6 Å². The molecule has 128 valence electrons. The van der Waals surface area contributed by atoms with Crippen molar-refractivity contribution in [3.8, 4) is 5.75 Å². The monoisotopic (exact) mass is 329 g/mol. The molecule has 24 heavy (non-hydrogen) atoms. The predicted octanol–water partition coefficient (Wildman–Crippen LogP) is 3.27. The van der Waals surface area contributed by atoms with Crippen LogP contribution >= 0.6 is 0 Å². The average molecular weight is 329 g/mol. The number of aromatic nitrogens is 2. The number of nitrogens with zero attached hydrogens (tertiary/aromatic N) is 2. The van der Waals surface area contributed by atoms with E-state index in [0.29, 0.717) is 28.4 Å². The van der Waals surface area contributed by atoms with Gasteiger partial charge in [-0.25, -0.2) is 0 Å². The summed E-state index contributed by atoms with van der Waals surface area (Å²) in [6.07, 6.45) is 4.78. The Hall–Kier alpha value is -2.37. The number of benzene rings is 1. The molecule has 0 unspecified atom stereocenters. The second-order valence-electron chi connectivity index (χ2n) is 6.48. The Bertz CT molecular complexity index is 707. The van der Waals surface area contributed by atoms with Gasteiger partial charge in [-0.1, -0.05) is 24.6 Å². The van der Waals surface area contributed by atoms with Gasteiger partial charge < -0.3 is 14.6 Å². The van der Waals surface area contributed by atoms with Crippen molar-refractivity contribution in [3.05, 3.63) is 41.5 Å². The molecule has 1 fully saturated rings. The fourth-order valence-corrected chi connectivity index (χ4v) is 2.87. The molecule has 0 radical (unpaired) electrons. The highest BCUT2D eigenvalue weighted by Gasteiger charge is 2.41. The summed E-state index contributed by atoms with van der Waals surface area (Å²) >= 11 is 0. The Morgan fingerprint density at radius 3 is 2.92 bits per heavy atom. The van der Waals surface area contributed by atoms with Crippen LogP contribution in [0, 0.1) is 12.3 Å². The first-order chi connectivity index (χ1) is 11.6. The molecule has 1 N–H and O–H groups in total. The van der Waals surface area contributed by atoms with Gasteiger partial charge in [0.2, 0.25) is 11.7 Å². The number of amides is 1. The highest BCUT2D eigenvalue weighted by molar-refractivity contribution is 5.94. The van der Waals surface area contributed by atoms with Gasteiger partial charge in [0.05, 0.1) is 0 Å². The maximum absolute atomic E-state index is 12.3. The van der Waals surface area contributed by atoms with Crippen LogP contribution in [0.2, 0.25) is 0 Å². The molecular formula is C18H23N3O3. The van der Waals surface area contributed by atoms with E-state index < -0.39 is 0 Å². The lowest BCUT2D eigenvalue weighted by atomic mass is 10.0. The molecule has 1 saturated carbocycles. The largest absolute Gasteiger partial charge is 0.485 e. The Morgan fingerprint density at radius 2 is 2.25 bits per heavy atom. The van der Waals surface area contributed by atoms with E-state index in [9.17, 15) is 4.79 Å². The Kier molecular flexibility index (Phi) is 4.83. The van der Waals surface area contributed by atoms with Crippen molar-refractivity contribution in [1.82, 2.24) is 15.5 Å². The Balaban J connectivity index is 1.55. The molecule has 0 atom stereocenters. The fourth-order valence-electron chi connectivity index (χ4n) is 2.87. The first-order valence-corrected chi connectivity index (χ1v) is 8.40. The van der Waals surface area contributed by atoms with Crippen LogP contribution in [-0.2, 0) is 6.61 Å². The van der Waals surface area contributed by atoms with E-state index in [1.807, 2.05) is 12.1 Å². The molecule has 1 aliphatic carbocycles. The van der Waals surface area contributed by atoms with Crippen molar-refractivity contribution >= 4 is 5.91 Å². The van der Waals surface area contributed by atoms with Gasteiger partial charge in [-0.2, -0.15) is 4.98 Å². The maximum Gasteiger partial charge on any atom is 0.251 e. The summed E-state index contributed by atoms with van der Waals surface area (Å²) in [5.41, 5.74) is 0.943. The number of hydrogen-bond acceptors (Lipinski definition) is 5. The zero-order chi connectivity index (χ0) is 17.0. The van der Waals surface area contributed by atoms with E-state index in [2.05, 4.69) is 22.4 Å². The summed E-state index contributed by atoms with van der Waals surface area (Å²) in [5.74, 6) is 1.54. The van der Waals surface area contributed by atoms with Crippen LogP contribution in [0.25, 0.3) is 0 Å². The van der Waals surface area contributed by atoms with Gasteiger partial charge in [0, 0.05) is 19.0 Å². The van der Waals surface area contributed by atoms with Crippen molar-refractivity contribution in [2.24, 2.45) is 5.41 Å². The number of rotatable bonds is 8. The van der Waals surface area contributed by atoms with Gasteiger partial charge in [0.1, 0.15) is 5.75 Å². The van der Waals surface area contributed by atoms with Crippen molar-refractivity contribution in [1.29, 1.82) is 0 Å². The summed E-state index contributed by atoms with van der Waals surface area (Å²) in [6, 6.07) is 7.15. The van der Waals surface area contributed by atoms with Crippen molar-refractivity contribution in [2.75, 3.05) is 6.54 Å². The first-order valence-electron chi connectivity index (χ1n) is 8.40. The molecule has 1 heterocycles. The van der Waals surface area contributed by atoms with E-state index >= 15 is 0 Å². The van der Waals surface area contributed by atoms with Crippen molar-refractivity contribution in [2.45, 2.75) is 46.1 Å². The zero-order valence-electron chi connectivity index (χ0n) is 14.2. The molecule has 0 bridgehead atoms. The van der Waals surface area contributed by atoms with E-state index in [-0.39, 0.29) is 12.5 Å². The predicted molar refractivity (Wildman–Crippen MR) is 88.7 cm³/mol. The molecule has 1 aromatic heterocycles. The first kappa shape index (κ1) is 16.5. The Labute approximate surface area is 141 Å². The topological polar surface area (TPSA) is 77.2 Å². The molecule has 1 aliphatic rings. The molecule has 6 nitrogen and oxygen atoms in total. The van der Waals surface area contributed by atoms with Crippen LogP contribution in [0.4, 0.5) is 0 Å². The summed E-state index contributed by atoms with van der Waals surface area (Å²) < 4.78 is 10.5. The summed E-state index contributed by atoms with van der Waals surface area (Å²) in [7, 11) is 0. The summed E-state index contributed by atoms with van der Waals surface area (Å²) in [6.45, 7) is 4.88. The van der Waals surface area contributed by atoms with Gasteiger partial charge in [-0.15, -0.1) is 0 Å². The van der Waals surface area contributed by atoms with Gasteiger partial charge in [-0.05, 0) is 42.9 Å². The minimum Gasteiger partial charge on any atom is -0.485 e. The maximum atomic E-state index is 12.3. The van der Waals surface area contributed by atoms with Crippen molar-refractivity contribution in [3.63, 3.8) is 0 Å². The zero-order valence-corrected chi connectivity index (χ0v) is 14.2. The van der Waals surface area contributed by atoms with Crippen molar-refractivity contribution < 1.29 is 14.1 Å². The van der Waals surface area contributed by atoms with Gasteiger partial charge in [-0.3, -0.25) is 4.79 Å². The van der Waals surface area contributed by atoms with Gasteiger partial charge in [0.15, 0.2) is 6.61 Å². The standard InChI is InChI=1S/C18H23N3O3/c1-3-7-18(8-9-18)12-19-17(22)14-5-4-6-15(10-14)23-11-16-20-13(2)24-21-16/h4-6,10H,3,7-9,11-12H2,1-2H3,(H,19,22). The van der Waals surface area contributed by atoms with Crippen LogP contribution in [0.5, 0.6) is 5.75 Å².